The van der Waals surface area contributed by atoms with E-state index in [4.69, 9.17) is 5.73 Å². The fourth-order valence-electron chi connectivity index (χ4n) is 1.65. The van der Waals surface area contributed by atoms with E-state index in [1.165, 1.54) is 16.9 Å². The second-order valence-electron chi connectivity index (χ2n) is 4.20. The summed E-state index contributed by atoms with van der Waals surface area (Å²) in [6.07, 6.45) is -1.50. The Morgan fingerprint density at radius 1 is 1.43 bits per heavy atom. The van der Waals surface area contributed by atoms with Crippen molar-refractivity contribution in [2.75, 3.05) is 11.1 Å². The third kappa shape index (κ3) is 3.97. The molecule has 5 nitrogen and oxygen atoms in total. The summed E-state index contributed by atoms with van der Waals surface area (Å²) in [6.45, 7) is -0.114. The maximum atomic E-state index is 12.7. The molecule has 0 atom stereocenters. The van der Waals surface area contributed by atoms with Gasteiger partial charge in [0.05, 0.1) is 16.2 Å². The highest BCUT2D eigenvalue weighted by atomic mass is 79.9. The molecule has 0 unspecified atom stereocenters. The van der Waals surface area contributed by atoms with Gasteiger partial charge >= 0.3 is 6.18 Å². The van der Waals surface area contributed by atoms with Gasteiger partial charge in [-0.1, -0.05) is 0 Å². The number of nitrogen functional groups attached to an aromatic ring is 1. The number of carbonyl (C=O) groups excluding carboxylic acids is 1. The predicted octanol–water partition coefficient (Wildman–Crippen LogP) is 2.89. The molecule has 0 saturated heterocycles. The van der Waals surface area contributed by atoms with Crippen molar-refractivity contribution in [1.82, 2.24) is 9.78 Å². The molecular formula is C12H10BrF3N4O. The number of nitrogens with zero attached hydrogens (tertiary/aromatic N) is 2. The Morgan fingerprint density at radius 3 is 2.71 bits per heavy atom. The van der Waals surface area contributed by atoms with Crippen LogP contribution in [0.5, 0.6) is 0 Å². The number of nitrogens with one attached hydrogen (secondary N) is 1. The van der Waals surface area contributed by atoms with Crippen LogP contribution in [0.4, 0.5) is 24.5 Å². The lowest BCUT2D eigenvalue weighted by atomic mass is 10.1. The maximum Gasteiger partial charge on any atom is 0.418 e. The Labute approximate surface area is 126 Å². The molecule has 0 fully saturated rings. The Balaban J connectivity index is 2.11. The number of rotatable bonds is 3. The lowest BCUT2D eigenvalue weighted by Gasteiger charge is -2.12. The maximum absolute atomic E-state index is 12.7. The molecule has 0 bridgehead atoms. The number of amides is 1. The van der Waals surface area contributed by atoms with Crippen molar-refractivity contribution in [3.63, 3.8) is 0 Å². The van der Waals surface area contributed by atoms with Crippen molar-refractivity contribution < 1.29 is 18.0 Å². The van der Waals surface area contributed by atoms with Crippen LogP contribution in [-0.2, 0) is 17.5 Å². The van der Waals surface area contributed by atoms with Crippen molar-refractivity contribution in [1.29, 1.82) is 0 Å². The summed E-state index contributed by atoms with van der Waals surface area (Å²) < 4.78 is 40.2. The largest absolute Gasteiger partial charge is 0.418 e. The van der Waals surface area contributed by atoms with Gasteiger partial charge < -0.3 is 11.1 Å². The van der Waals surface area contributed by atoms with Gasteiger partial charge in [0.15, 0.2) is 0 Å². The first-order valence-electron chi connectivity index (χ1n) is 5.70. The van der Waals surface area contributed by atoms with Crippen LogP contribution in [-0.4, -0.2) is 15.7 Å². The lowest BCUT2D eigenvalue weighted by Crippen LogP contribution is -2.19. The fraction of sp³-hybridized carbons (Fsp3) is 0.167. The molecule has 2 rings (SSSR count). The van der Waals surface area contributed by atoms with Crippen molar-refractivity contribution in [3.8, 4) is 0 Å². The number of anilines is 2. The molecule has 0 radical (unpaired) electrons. The first-order chi connectivity index (χ1) is 9.75. The van der Waals surface area contributed by atoms with Crippen LogP contribution in [0.3, 0.4) is 0 Å². The molecule has 9 heteroatoms. The zero-order valence-electron chi connectivity index (χ0n) is 10.5. The highest BCUT2D eigenvalue weighted by Crippen LogP contribution is 2.35. The summed E-state index contributed by atoms with van der Waals surface area (Å²) in [5.41, 5.74) is 3.93. The van der Waals surface area contributed by atoms with Gasteiger partial charge in [-0.3, -0.25) is 9.48 Å². The van der Waals surface area contributed by atoms with E-state index in [2.05, 4.69) is 26.3 Å². The molecule has 0 aliphatic heterocycles. The molecule has 1 aromatic heterocycles. The van der Waals surface area contributed by atoms with Gasteiger partial charge in [0.2, 0.25) is 5.91 Å². The normalized spacial score (nSPS) is 11.4. The standard InChI is InChI=1S/C12H10BrF3N4O/c13-7-4-18-20(5-7)6-11(21)19-8-1-2-10(17)9(3-8)12(14,15)16/h1-5H,6,17H2,(H,19,21). The molecule has 0 spiro atoms. The summed E-state index contributed by atoms with van der Waals surface area (Å²) in [4.78, 5) is 11.7. The SMILES string of the molecule is Nc1ccc(NC(=O)Cn2cc(Br)cn2)cc1C(F)(F)F. The molecule has 1 aromatic carbocycles. The second kappa shape index (κ2) is 5.76. The van der Waals surface area contributed by atoms with E-state index >= 15 is 0 Å². The highest BCUT2D eigenvalue weighted by Gasteiger charge is 2.33. The molecular weight excluding hydrogens is 353 g/mol. The molecule has 3 N–H and O–H groups in total. The number of nitrogens with two attached hydrogens (primary N) is 1. The zero-order valence-corrected chi connectivity index (χ0v) is 12.1. The number of hydrogen-bond acceptors (Lipinski definition) is 3. The zero-order chi connectivity index (χ0) is 15.6. The summed E-state index contributed by atoms with van der Waals surface area (Å²) in [5.74, 6) is -0.497. The monoisotopic (exact) mass is 362 g/mol. The van der Waals surface area contributed by atoms with E-state index in [1.807, 2.05) is 0 Å². The fourth-order valence-corrected chi connectivity index (χ4v) is 1.98. The molecule has 0 aliphatic rings. The van der Waals surface area contributed by atoms with E-state index in [9.17, 15) is 18.0 Å². The number of halogens is 4. The first kappa shape index (κ1) is 15.4. The van der Waals surface area contributed by atoms with Crippen LogP contribution in [0.1, 0.15) is 5.56 Å². The van der Waals surface area contributed by atoms with Crippen LogP contribution in [0.2, 0.25) is 0 Å². The molecule has 21 heavy (non-hydrogen) atoms. The third-order valence-electron chi connectivity index (χ3n) is 2.55. The quantitative estimate of drug-likeness (QED) is 0.824. The minimum Gasteiger partial charge on any atom is -0.398 e. The Hall–Kier alpha value is -2.03. The van der Waals surface area contributed by atoms with Crippen molar-refractivity contribution in [3.05, 3.63) is 40.6 Å². The van der Waals surface area contributed by atoms with Gasteiger partial charge in [-0.15, -0.1) is 0 Å². The van der Waals surface area contributed by atoms with E-state index < -0.39 is 23.3 Å². The average molecular weight is 363 g/mol. The van der Waals surface area contributed by atoms with Crippen LogP contribution in [0.25, 0.3) is 0 Å². The van der Waals surface area contributed by atoms with Gasteiger partial charge in [-0.05, 0) is 34.1 Å². The minimum atomic E-state index is -4.57. The first-order valence-corrected chi connectivity index (χ1v) is 6.49. The van der Waals surface area contributed by atoms with Crippen LogP contribution >= 0.6 is 15.9 Å². The third-order valence-corrected chi connectivity index (χ3v) is 2.96. The van der Waals surface area contributed by atoms with Crippen LogP contribution in [0, 0.1) is 0 Å². The number of benzene rings is 1. The van der Waals surface area contributed by atoms with E-state index in [1.54, 1.807) is 6.20 Å². The van der Waals surface area contributed by atoms with E-state index in [0.29, 0.717) is 4.47 Å². The smallest absolute Gasteiger partial charge is 0.398 e. The number of carbonyl (C=O) groups is 1. The minimum absolute atomic E-state index is 0.0211. The van der Waals surface area contributed by atoms with Gasteiger partial charge in [-0.25, -0.2) is 0 Å². The summed E-state index contributed by atoms with van der Waals surface area (Å²) in [7, 11) is 0. The number of alkyl halides is 3. The molecule has 1 heterocycles. The Bertz CT molecular complexity index is 669. The second-order valence-corrected chi connectivity index (χ2v) is 5.12. The average Bonchev–Trinajstić information content (AvgIpc) is 2.75. The van der Waals surface area contributed by atoms with Crippen LogP contribution in [0.15, 0.2) is 35.1 Å². The molecule has 0 saturated carbocycles. The Kier molecular flexibility index (Phi) is 4.21. The van der Waals surface area contributed by atoms with E-state index in [0.717, 1.165) is 12.1 Å². The number of aromatic nitrogens is 2. The molecule has 112 valence electrons. The van der Waals surface area contributed by atoms with E-state index in [-0.39, 0.29) is 12.2 Å². The summed E-state index contributed by atoms with van der Waals surface area (Å²) in [5, 5.41) is 6.25. The number of hydrogen-bond donors (Lipinski definition) is 2. The van der Waals surface area contributed by atoms with Gasteiger partial charge in [0.25, 0.3) is 0 Å². The van der Waals surface area contributed by atoms with Crippen LogP contribution < -0.4 is 11.1 Å². The Morgan fingerprint density at radius 2 is 2.14 bits per heavy atom. The van der Waals surface area contributed by atoms with Crippen molar-refractivity contribution >= 4 is 33.2 Å². The summed E-state index contributed by atoms with van der Waals surface area (Å²) in [6, 6.07) is 3.21. The predicted molar refractivity (Wildman–Crippen MR) is 74.4 cm³/mol. The molecule has 1 amide bonds. The van der Waals surface area contributed by atoms with Crippen molar-refractivity contribution in [2.45, 2.75) is 12.7 Å². The van der Waals surface area contributed by atoms with Gasteiger partial charge in [-0.2, -0.15) is 18.3 Å². The van der Waals surface area contributed by atoms with Gasteiger partial charge in [0.1, 0.15) is 6.54 Å². The topological polar surface area (TPSA) is 72.9 Å². The van der Waals surface area contributed by atoms with Crippen molar-refractivity contribution in [2.24, 2.45) is 0 Å². The molecule has 2 aromatic rings. The van der Waals surface area contributed by atoms with Gasteiger partial charge in [0, 0.05) is 17.6 Å². The lowest BCUT2D eigenvalue weighted by molar-refractivity contribution is -0.136. The highest BCUT2D eigenvalue weighted by molar-refractivity contribution is 9.10. The molecule has 0 aliphatic carbocycles. The summed E-state index contributed by atoms with van der Waals surface area (Å²) >= 11 is 3.17.